The average Bonchev–Trinajstić information content (AvgIpc) is 3.15. The molecule has 0 fully saturated rings. The third-order valence-electron chi connectivity index (χ3n) is 7.03. The van der Waals surface area contributed by atoms with Crippen molar-refractivity contribution in [3.8, 4) is 0 Å². The smallest absolute Gasteiger partial charge is 0.0856 e. The summed E-state index contributed by atoms with van der Waals surface area (Å²) in [5, 5.41) is 33.4. The molecule has 0 saturated carbocycles. The Labute approximate surface area is 294 Å². The first-order valence-electron chi connectivity index (χ1n) is 15.1. The first kappa shape index (κ1) is 38.1. The summed E-state index contributed by atoms with van der Waals surface area (Å²) >= 11 is 0. The molecule has 0 bridgehead atoms. The van der Waals surface area contributed by atoms with Crippen LogP contribution in [0.5, 0.6) is 0 Å². The van der Waals surface area contributed by atoms with Crippen LogP contribution in [-0.4, -0.2) is 40.7 Å². The third-order valence-corrected chi connectivity index (χ3v) is 11.9. The maximum absolute atomic E-state index is 8.34. The molecule has 0 amide bonds. The van der Waals surface area contributed by atoms with Gasteiger partial charge < -0.3 is 21.1 Å². The number of aliphatic hydroxyl groups excluding tert-OH is 3. The van der Waals surface area contributed by atoms with Crippen LogP contribution < -0.4 is 37.6 Å². The molecule has 6 aromatic carbocycles. The molecule has 7 heteroatoms. The number of benzene rings is 6. The molecule has 4 nitrogen and oxygen atoms in total. The van der Waals surface area contributed by atoms with Crippen LogP contribution in [0.4, 0.5) is 0 Å². The normalized spacial score (nSPS) is 10.6. The van der Waals surface area contributed by atoms with Crippen LogP contribution in [0.25, 0.3) is 0 Å². The Balaban J connectivity index is 0.000000206. The van der Waals surface area contributed by atoms with E-state index >= 15 is 0 Å². The number of nitrogens with two attached hydrogens (primary N) is 1. The van der Waals surface area contributed by atoms with Crippen LogP contribution in [0.3, 0.4) is 0 Å². The van der Waals surface area contributed by atoms with Crippen LogP contribution in [0.1, 0.15) is 0 Å². The van der Waals surface area contributed by atoms with E-state index in [1.165, 1.54) is 31.8 Å². The number of hydrogen-bond acceptors (Lipinski definition) is 4. The number of aliphatic hydroxyl groups is 3. The Morgan fingerprint density at radius 1 is 0.340 bits per heavy atom. The standard InChI is InChI=1S/2C18H15P.C4H11NO3.Rh/c2*1-4-10-16(11-5-1)19(17-12-6-2-7-13-17)18-14-8-3-9-15-18;5-4(1-6,2-7)3-8;/h2*1-15H;6-8H,1-3,5H2;. The maximum Gasteiger partial charge on any atom is 0.0856 e. The Morgan fingerprint density at radius 3 is 0.596 bits per heavy atom. The zero-order chi connectivity index (χ0) is 32.5. The molecule has 47 heavy (non-hydrogen) atoms. The zero-order valence-corrected chi connectivity index (χ0v) is 29.5. The minimum absolute atomic E-state index is 0. The van der Waals surface area contributed by atoms with Gasteiger partial charge in [0, 0.05) is 19.5 Å². The first-order chi connectivity index (χ1) is 22.6. The van der Waals surface area contributed by atoms with Crippen molar-refractivity contribution in [2.75, 3.05) is 19.8 Å². The molecule has 0 atom stereocenters. The summed E-state index contributed by atoms with van der Waals surface area (Å²) in [5.41, 5.74) is 3.94. The zero-order valence-electron chi connectivity index (χ0n) is 26.1. The Kier molecular flexibility index (Phi) is 16.8. The van der Waals surface area contributed by atoms with Crippen molar-refractivity contribution in [2.24, 2.45) is 5.73 Å². The molecule has 6 rings (SSSR count). The van der Waals surface area contributed by atoms with Crippen LogP contribution in [-0.2, 0) is 19.5 Å². The van der Waals surface area contributed by atoms with Gasteiger partial charge >= 0.3 is 0 Å². The Morgan fingerprint density at radius 2 is 0.489 bits per heavy atom. The van der Waals surface area contributed by atoms with E-state index in [4.69, 9.17) is 21.1 Å². The van der Waals surface area contributed by atoms with E-state index in [2.05, 4.69) is 182 Å². The minimum Gasteiger partial charge on any atom is -0.394 e. The summed E-state index contributed by atoms with van der Waals surface area (Å²) in [6.07, 6.45) is 0. The molecule has 0 unspecified atom stereocenters. The number of rotatable bonds is 9. The molecule has 5 N–H and O–H groups in total. The van der Waals surface area contributed by atoms with Gasteiger partial charge in [0.2, 0.25) is 0 Å². The second-order valence-corrected chi connectivity index (χ2v) is 15.0. The molecule has 0 aliphatic heterocycles. The summed E-state index contributed by atoms with van der Waals surface area (Å²) < 4.78 is 0. The van der Waals surface area contributed by atoms with E-state index in [0.29, 0.717) is 0 Å². The quantitative estimate of drug-likeness (QED) is 0.129. The largest absolute Gasteiger partial charge is 0.394 e. The van der Waals surface area contributed by atoms with Crippen molar-refractivity contribution >= 4 is 47.7 Å². The van der Waals surface area contributed by atoms with Gasteiger partial charge in [0.25, 0.3) is 0 Å². The van der Waals surface area contributed by atoms with E-state index in [1.807, 2.05) is 0 Å². The van der Waals surface area contributed by atoms with Crippen molar-refractivity contribution in [1.29, 1.82) is 0 Å². The third kappa shape index (κ3) is 11.7. The van der Waals surface area contributed by atoms with Crippen LogP contribution in [0.2, 0.25) is 0 Å². The average molecular weight is 749 g/mol. The molecule has 0 aliphatic carbocycles. The SMILES string of the molecule is NC(CO)(CO)CO.[Rh].c1ccc(P(c2ccccc2)c2ccccc2)cc1.c1ccc(P(c2ccccc2)c2ccccc2)cc1. The van der Waals surface area contributed by atoms with Crippen molar-refractivity contribution < 1.29 is 34.8 Å². The van der Waals surface area contributed by atoms with Crippen molar-refractivity contribution in [1.82, 2.24) is 0 Å². The van der Waals surface area contributed by atoms with E-state index in [0.717, 1.165) is 0 Å². The van der Waals surface area contributed by atoms with Gasteiger partial charge in [-0.2, -0.15) is 0 Å². The molecular formula is C40H41NO3P2Rh. The van der Waals surface area contributed by atoms with Gasteiger partial charge in [-0.15, -0.1) is 0 Å². The van der Waals surface area contributed by atoms with E-state index in [-0.39, 0.29) is 19.5 Å². The topological polar surface area (TPSA) is 86.7 Å². The summed E-state index contributed by atoms with van der Waals surface area (Å²) in [6.45, 7) is -1.21. The van der Waals surface area contributed by atoms with Gasteiger partial charge in [-0.1, -0.05) is 182 Å². The van der Waals surface area contributed by atoms with E-state index in [1.54, 1.807) is 0 Å². The molecular weight excluding hydrogens is 707 g/mol. The molecule has 0 aliphatic rings. The number of hydrogen-bond donors (Lipinski definition) is 4. The molecule has 6 aromatic rings. The fourth-order valence-electron chi connectivity index (χ4n) is 4.51. The van der Waals surface area contributed by atoms with Gasteiger partial charge in [-0.25, -0.2) is 0 Å². The Bertz CT molecular complexity index is 1330. The fraction of sp³-hybridized carbons (Fsp3) is 0.100. The molecule has 0 spiro atoms. The van der Waals surface area contributed by atoms with Crippen molar-refractivity contribution in [3.63, 3.8) is 0 Å². The molecule has 243 valence electrons. The summed E-state index contributed by atoms with van der Waals surface area (Å²) in [6, 6.07) is 64.7. The Hall–Kier alpha value is -3.36. The van der Waals surface area contributed by atoms with Gasteiger partial charge in [0.15, 0.2) is 0 Å². The van der Waals surface area contributed by atoms with E-state index < -0.39 is 41.2 Å². The second-order valence-electron chi connectivity index (χ2n) is 10.5. The second kappa shape index (κ2) is 20.8. The minimum atomic E-state index is -1.21. The van der Waals surface area contributed by atoms with Crippen LogP contribution >= 0.6 is 15.8 Å². The molecule has 0 heterocycles. The van der Waals surface area contributed by atoms with Crippen LogP contribution in [0.15, 0.2) is 182 Å². The molecule has 1 radical (unpaired) electrons. The van der Waals surface area contributed by atoms with Gasteiger partial charge in [0.1, 0.15) is 0 Å². The molecule has 0 saturated heterocycles. The van der Waals surface area contributed by atoms with Crippen molar-refractivity contribution in [3.05, 3.63) is 182 Å². The summed E-state index contributed by atoms with van der Waals surface area (Å²) in [5.74, 6) is 0. The van der Waals surface area contributed by atoms with Gasteiger partial charge in [0.05, 0.1) is 25.4 Å². The predicted molar refractivity (Wildman–Crippen MR) is 198 cm³/mol. The summed E-state index contributed by atoms with van der Waals surface area (Å²) in [7, 11) is -0.892. The monoisotopic (exact) mass is 748 g/mol. The van der Waals surface area contributed by atoms with Gasteiger partial charge in [-0.3, -0.25) is 0 Å². The molecule has 0 aromatic heterocycles. The van der Waals surface area contributed by atoms with Crippen LogP contribution in [0, 0.1) is 0 Å². The first-order valence-corrected chi connectivity index (χ1v) is 17.8. The van der Waals surface area contributed by atoms with Gasteiger partial charge in [-0.05, 0) is 47.7 Å². The maximum atomic E-state index is 8.34. The predicted octanol–water partition coefficient (Wildman–Crippen LogP) is 4.55. The fourth-order valence-corrected chi connectivity index (χ4v) is 9.12. The van der Waals surface area contributed by atoms with Crippen molar-refractivity contribution in [2.45, 2.75) is 5.54 Å². The van der Waals surface area contributed by atoms with E-state index in [9.17, 15) is 0 Å². The summed E-state index contributed by atoms with van der Waals surface area (Å²) in [4.78, 5) is 0.